The summed E-state index contributed by atoms with van der Waals surface area (Å²) in [4.78, 5) is -0.787. The maximum Gasteiger partial charge on any atom is 0.121 e. The van der Waals surface area contributed by atoms with Crippen LogP contribution in [0, 0.1) is 6.92 Å². The van der Waals surface area contributed by atoms with E-state index in [2.05, 4.69) is 18.2 Å². The van der Waals surface area contributed by atoms with Crippen molar-refractivity contribution in [2.24, 2.45) is 0 Å². The molecule has 0 aromatic heterocycles. The molecule has 0 saturated heterocycles. The van der Waals surface area contributed by atoms with E-state index in [1.165, 1.54) is 0 Å². The van der Waals surface area contributed by atoms with Crippen LogP contribution in [-0.4, -0.2) is 14.2 Å². The fraction of sp³-hybridized carbons (Fsp3) is 0.182. The van der Waals surface area contributed by atoms with Crippen molar-refractivity contribution in [2.75, 3.05) is 14.2 Å². The maximum atomic E-state index is 7.30. The van der Waals surface area contributed by atoms with E-state index < -0.39 is 4.87 Å². The molecule has 0 amide bonds. The first-order valence-electron chi connectivity index (χ1n) is 8.13. The first kappa shape index (κ1) is 17.4. The van der Waals surface area contributed by atoms with Crippen molar-refractivity contribution in [2.45, 2.75) is 11.8 Å². The van der Waals surface area contributed by atoms with Crippen molar-refractivity contribution >= 4 is 11.6 Å². The summed E-state index contributed by atoms with van der Waals surface area (Å²) in [6.07, 6.45) is 0. The monoisotopic (exact) mass is 352 g/mol. The highest BCUT2D eigenvalue weighted by molar-refractivity contribution is 6.28. The zero-order valence-corrected chi connectivity index (χ0v) is 15.4. The Morgan fingerprint density at radius 2 is 1.32 bits per heavy atom. The van der Waals surface area contributed by atoms with Crippen LogP contribution in [0.3, 0.4) is 0 Å². The van der Waals surface area contributed by atoms with E-state index in [0.29, 0.717) is 0 Å². The fourth-order valence-electron chi connectivity index (χ4n) is 3.08. The topological polar surface area (TPSA) is 18.5 Å². The average molecular weight is 353 g/mol. The van der Waals surface area contributed by atoms with Crippen LogP contribution in [0.4, 0.5) is 0 Å². The summed E-state index contributed by atoms with van der Waals surface area (Å²) >= 11 is 7.30. The predicted octanol–water partition coefficient (Wildman–Crippen LogP) is 5.54. The number of rotatable bonds is 5. The third-order valence-electron chi connectivity index (χ3n) is 4.45. The number of hydrogen-bond acceptors (Lipinski definition) is 2. The molecule has 0 spiro atoms. The lowest BCUT2D eigenvalue weighted by Crippen LogP contribution is -2.22. The zero-order chi connectivity index (χ0) is 17.9. The van der Waals surface area contributed by atoms with Gasteiger partial charge in [0.05, 0.1) is 14.2 Å². The first-order valence-corrected chi connectivity index (χ1v) is 8.51. The molecule has 1 unspecified atom stereocenters. The highest BCUT2D eigenvalue weighted by Gasteiger charge is 2.34. The van der Waals surface area contributed by atoms with Crippen molar-refractivity contribution < 1.29 is 9.47 Å². The summed E-state index contributed by atoms with van der Waals surface area (Å²) in [5.74, 6) is 1.66. The van der Waals surface area contributed by atoms with E-state index in [0.717, 1.165) is 33.8 Å². The summed E-state index contributed by atoms with van der Waals surface area (Å²) in [5, 5.41) is 0. The average Bonchev–Trinajstić information content (AvgIpc) is 2.68. The molecule has 3 rings (SSSR count). The Morgan fingerprint density at radius 3 is 1.88 bits per heavy atom. The van der Waals surface area contributed by atoms with Crippen LogP contribution in [-0.2, 0) is 4.87 Å². The molecule has 3 aromatic carbocycles. The molecule has 0 N–H and O–H groups in total. The van der Waals surface area contributed by atoms with Gasteiger partial charge < -0.3 is 9.47 Å². The molecule has 2 nitrogen and oxygen atoms in total. The van der Waals surface area contributed by atoms with Gasteiger partial charge in [-0.25, -0.2) is 0 Å². The minimum absolute atomic E-state index is 0.787. The second kappa shape index (κ2) is 7.20. The quantitative estimate of drug-likeness (QED) is 0.443. The largest absolute Gasteiger partial charge is 0.497 e. The third-order valence-corrected chi connectivity index (χ3v) is 5.11. The van der Waals surface area contributed by atoms with Gasteiger partial charge in [-0.1, -0.05) is 48.5 Å². The van der Waals surface area contributed by atoms with Crippen molar-refractivity contribution in [1.82, 2.24) is 0 Å². The Balaban J connectivity index is 2.20. The molecule has 1 atom stereocenters. The molecule has 0 radical (unpaired) electrons. The molecule has 0 fully saturated rings. The standard InChI is InChI=1S/C22H21ClO2/c1-16-15-19(11-14-21(16)25-3)22(23,17-7-5-4-6-8-17)18-9-12-20(24-2)13-10-18/h4-15H,1-3H3. The third kappa shape index (κ3) is 3.22. The van der Waals surface area contributed by atoms with Crippen molar-refractivity contribution in [3.63, 3.8) is 0 Å². The molecule has 0 aliphatic rings. The Morgan fingerprint density at radius 1 is 0.720 bits per heavy atom. The van der Waals surface area contributed by atoms with Gasteiger partial charge in [-0.3, -0.25) is 0 Å². The fourth-order valence-corrected chi connectivity index (χ4v) is 3.45. The lowest BCUT2D eigenvalue weighted by atomic mass is 9.83. The molecular formula is C22H21ClO2. The van der Waals surface area contributed by atoms with E-state index in [1.54, 1.807) is 14.2 Å². The van der Waals surface area contributed by atoms with E-state index >= 15 is 0 Å². The van der Waals surface area contributed by atoms with Gasteiger partial charge in [0.15, 0.2) is 0 Å². The Hall–Kier alpha value is -2.45. The zero-order valence-electron chi connectivity index (χ0n) is 14.6. The lowest BCUT2D eigenvalue weighted by molar-refractivity contribution is 0.411. The van der Waals surface area contributed by atoms with Gasteiger partial charge >= 0.3 is 0 Å². The van der Waals surface area contributed by atoms with Gasteiger partial charge in [0.25, 0.3) is 0 Å². The predicted molar refractivity (Wildman–Crippen MR) is 103 cm³/mol. The van der Waals surface area contributed by atoms with Crippen LogP contribution in [0.1, 0.15) is 22.3 Å². The van der Waals surface area contributed by atoms with E-state index in [1.807, 2.05) is 61.5 Å². The smallest absolute Gasteiger partial charge is 0.121 e. The molecule has 25 heavy (non-hydrogen) atoms. The van der Waals surface area contributed by atoms with E-state index in [-0.39, 0.29) is 0 Å². The van der Waals surface area contributed by atoms with Crippen molar-refractivity contribution in [3.05, 3.63) is 95.1 Å². The lowest BCUT2D eigenvalue weighted by Gasteiger charge is -2.30. The number of halogens is 1. The van der Waals surface area contributed by atoms with Gasteiger partial charge in [-0.2, -0.15) is 0 Å². The van der Waals surface area contributed by atoms with Crippen LogP contribution in [0.5, 0.6) is 11.5 Å². The van der Waals surface area contributed by atoms with Crippen LogP contribution in [0.2, 0.25) is 0 Å². The molecule has 0 bridgehead atoms. The summed E-state index contributed by atoms with van der Waals surface area (Å²) in [7, 11) is 3.34. The highest BCUT2D eigenvalue weighted by atomic mass is 35.5. The number of hydrogen-bond donors (Lipinski definition) is 0. The Bertz CT molecular complexity index is 844. The molecular weight excluding hydrogens is 332 g/mol. The second-order valence-electron chi connectivity index (χ2n) is 5.94. The van der Waals surface area contributed by atoms with Gasteiger partial charge in [0, 0.05) is 0 Å². The van der Waals surface area contributed by atoms with Crippen molar-refractivity contribution in [1.29, 1.82) is 0 Å². The second-order valence-corrected chi connectivity index (χ2v) is 6.50. The first-order chi connectivity index (χ1) is 12.1. The molecule has 3 aromatic rings. The molecule has 3 heteroatoms. The molecule has 0 heterocycles. The van der Waals surface area contributed by atoms with Crippen LogP contribution >= 0.6 is 11.6 Å². The molecule has 0 aliphatic carbocycles. The van der Waals surface area contributed by atoms with Crippen LogP contribution in [0.25, 0.3) is 0 Å². The minimum Gasteiger partial charge on any atom is -0.497 e. The summed E-state index contributed by atoms with van der Waals surface area (Å²) in [6.45, 7) is 2.03. The summed E-state index contributed by atoms with van der Waals surface area (Å²) in [5.41, 5.74) is 4.07. The maximum absolute atomic E-state index is 7.30. The van der Waals surface area contributed by atoms with Gasteiger partial charge in [0.1, 0.15) is 16.4 Å². The molecule has 0 aliphatic heterocycles. The number of benzene rings is 3. The van der Waals surface area contributed by atoms with E-state index in [9.17, 15) is 0 Å². The van der Waals surface area contributed by atoms with Gasteiger partial charge in [0.2, 0.25) is 0 Å². The van der Waals surface area contributed by atoms with Crippen LogP contribution in [0.15, 0.2) is 72.8 Å². The van der Waals surface area contributed by atoms with Crippen LogP contribution < -0.4 is 9.47 Å². The van der Waals surface area contributed by atoms with Crippen molar-refractivity contribution in [3.8, 4) is 11.5 Å². The summed E-state index contributed by atoms with van der Waals surface area (Å²) in [6, 6.07) is 24.1. The normalized spacial score (nSPS) is 13.1. The minimum atomic E-state index is -0.787. The summed E-state index contributed by atoms with van der Waals surface area (Å²) < 4.78 is 10.7. The van der Waals surface area contributed by atoms with Gasteiger partial charge in [-0.15, -0.1) is 11.6 Å². The number of alkyl halides is 1. The Labute approximate surface area is 154 Å². The number of aryl methyl sites for hydroxylation is 1. The number of ether oxygens (including phenoxy) is 2. The van der Waals surface area contributed by atoms with E-state index in [4.69, 9.17) is 21.1 Å². The number of methoxy groups -OCH3 is 2. The SMILES string of the molecule is COc1ccc(C(Cl)(c2ccccc2)c2ccc(OC)c(C)c2)cc1. The van der Waals surface area contributed by atoms with Gasteiger partial charge in [-0.05, 0) is 53.4 Å². The molecule has 0 saturated carbocycles. The molecule has 128 valence electrons. The highest BCUT2D eigenvalue weighted by Crippen LogP contribution is 2.44. The Kier molecular flexibility index (Phi) is 5.00.